The third-order valence-electron chi connectivity index (χ3n) is 11.1. The Labute approximate surface area is 192 Å². The second-order valence-electron chi connectivity index (χ2n) is 12.2. The largest absolute Gasteiger partial charge is 0.459 e. The summed E-state index contributed by atoms with van der Waals surface area (Å²) in [5.41, 5.74) is 1.61. The molecule has 0 aromatic heterocycles. The Hall–Kier alpha value is -1.42. The number of aliphatic hydroxyl groups is 1. The van der Waals surface area contributed by atoms with Crippen molar-refractivity contribution in [2.75, 3.05) is 0 Å². The first kappa shape index (κ1) is 22.4. The number of hydrogen-bond acceptors (Lipinski definition) is 4. The van der Waals surface area contributed by atoms with Crippen LogP contribution in [0.2, 0.25) is 0 Å². The van der Waals surface area contributed by atoms with Crippen molar-refractivity contribution in [1.29, 1.82) is 0 Å². The number of hydrogen-bond donors (Lipinski definition) is 1. The van der Waals surface area contributed by atoms with Gasteiger partial charge in [0.15, 0.2) is 5.78 Å². The molecule has 4 aliphatic carbocycles. The summed E-state index contributed by atoms with van der Waals surface area (Å²) in [7, 11) is 0. The Morgan fingerprint density at radius 2 is 1.84 bits per heavy atom. The minimum absolute atomic E-state index is 0.0327. The lowest BCUT2D eigenvalue weighted by Crippen LogP contribution is -2.51. The van der Waals surface area contributed by atoms with Crippen LogP contribution >= 0.6 is 0 Å². The summed E-state index contributed by atoms with van der Waals surface area (Å²) in [6, 6.07) is 0. The fourth-order valence-corrected chi connectivity index (χ4v) is 8.87. The van der Waals surface area contributed by atoms with E-state index in [1.54, 1.807) is 6.08 Å². The molecule has 32 heavy (non-hydrogen) atoms. The first-order valence-electron chi connectivity index (χ1n) is 12.9. The van der Waals surface area contributed by atoms with Crippen molar-refractivity contribution in [1.82, 2.24) is 0 Å². The molecule has 5 aliphatic rings. The van der Waals surface area contributed by atoms with Crippen molar-refractivity contribution >= 4 is 11.8 Å². The van der Waals surface area contributed by atoms with E-state index in [2.05, 4.69) is 26.8 Å². The van der Waals surface area contributed by atoms with Gasteiger partial charge in [0, 0.05) is 11.3 Å². The summed E-state index contributed by atoms with van der Waals surface area (Å²) in [6.45, 7) is 11.0. The quantitative estimate of drug-likeness (QED) is 0.620. The standard InChI is InChI=1S/C28H40O4/c1-15-16(2)26(31)32-25(15)24(30)17(3)21-8-9-22-20-7-6-18-14-19(29)10-12-27(18,4)23(20)11-13-28(21,22)5/h10,12,14-17,20-25,30H,6-9,11,13H2,1-5H3/t15-,16+,17-,20-,21+,22-,23-,24-,25+,27-,28+/m0/s1. The smallest absolute Gasteiger partial charge is 0.309 e. The summed E-state index contributed by atoms with van der Waals surface area (Å²) in [4.78, 5) is 24.1. The number of rotatable bonds is 3. The Balaban J connectivity index is 1.36. The average molecular weight is 441 g/mol. The van der Waals surface area contributed by atoms with Gasteiger partial charge >= 0.3 is 5.97 Å². The Morgan fingerprint density at radius 1 is 1.09 bits per heavy atom. The molecule has 1 aliphatic heterocycles. The van der Waals surface area contributed by atoms with Gasteiger partial charge in [-0.2, -0.15) is 0 Å². The molecule has 3 saturated carbocycles. The molecule has 1 saturated heterocycles. The molecule has 4 fully saturated rings. The SMILES string of the molecule is C[C@H]([C@H](O)[C@@H]1OC(=O)[C@H](C)[C@@H]1C)[C@H]1CC[C@H]2[C@@H]3CCC4=CC(=O)C=C[C@]4(C)[C@H]3CC[C@]12C. The van der Waals surface area contributed by atoms with Gasteiger partial charge in [-0.1, -0.05) is 46.3 Å². The van der Waals surface area contributed by atoms with Crippen molar-refractivity contribution in [3.8, 4) is 0 Å². The molecule has 176 valence electrons. The van der Waals surface area contributed by atoms with E-state index in [0.29, 0.717) is 23.7 Å². The van der Waals surface area contributed by atoms with Crippen molar-refractivity contribution in [3.05, 3.63) is 23.8 Å². The molecular weight excluding hydrogens is 400 g/mol. The monoisotopic (exact) mass is 440 g/mol. The summed E-state index contributed by atoms with van der Waals surface area (Å²) in [6.07, 6.45) is 11.9. The molecule has 0 unspecified atom stereocenters. The highest BCUT2D eigenvalue weighted by Crippen LogP contribution is 2.67. The Kier molecular flexibility index (Phi) is 5.28. The maximum absolute atomic E-state index is 12.1. The minimum atomic E-state index is -0.595. The van der Waals surface area contributed by atoms with Gasteiger partial charge in [-0.3, -0.25) is 9.59 Å². The van der Waals surface area contributed by atoms with Gasteiger partial charge in [-0.15, -0.1) is 0 Å². The topological polar surface area (TPSA) is 63.6 Å². The number of fused-ring (bicyclic) bond motifs is 5. The molecule has 4 heteroatoms. The number of carbonyl (C=O) groups excluding carboxylic acids is 2. The molecule has 4 nitrogen and oxygen atoms in total. The molecule has 0 bridgehead atoms. The molecule has 0 aromatic rings. The number of ketones is 1. The summed E-state index contributed by atoms with van der Waals surface area (Å²) < 4.78 is 5.63. The fourth-order valence-electron chi connectivity index (χ4n) is 8.87. The molecule has 0 aromatic carbocycles. The van der Waals surface area contributed by atoms with Crippen LogP contribution in [0.1, 0.15) is 73.1 Å². The van der Waals surface area contributed by atoms with E-state index in [1.165, 1.54) is 31.3 Å². The second kappa shape index (κ2) is 7.55. The summed E-state index contributed by atoms with van der Waals surface area (Å²) in [5, 5.41) is 11.3. The summed E-state index contributed by atoms with van der Waals surface area (Å²) >= 11 is 0. The van der Waals surface area contributed by atoms with E-state index in [0.717, 1.165) is 12.8 Å². The zero-order chi connectivity index (χ0) is 23.0. The van der Waals surface area contributed by atoms with E-state index < -0.39 is 6.10 Å². The maximum atomic E-state index is 12.1. The lowest BCUT2D eigenvalue weighted by molar-refractivity contribution is -0.151. The second-order valence-corrected chi connectivity index (χ2v) is 12.2. The minimum Gasteiger partial charge on any atom is -0.459 e. The molecular formula is C28H40O4. The van der Waals surface area contributed by atoms with Crippen molar-refractivity contribution in [2.45, 2.75) is 85.4 Å². The molecule has 0 amide bonds. The van der Waals surface area contributed by atoms with Gasteiger partial charge in [-0.25, -0.2) is 0 Å². The molecule has 11 atom stereocenters. The average Bonchev–Trinajstić information content (AvgIpc) is 3.24. The number of allylic oxidation sites excluding steroid dienone is 4. The number of aliphatic hydroxyl groups excluding tert-OH is 1. The highest BCUT2D eigenvalue weighted by Gasteiger charge is 2.60. The molecule has 5 rings (SSSR count). The normalized spacial score (nSPS) is 49.6. The van der Waals surface area contributed by atoms with E-state index in [-0.39, 0.29) is 46.4 Å². The summed E-state index contributed by atoms with van der Waals surface area (Å²) in [5.74, 6) is 2.46. The molecule has 0 spiro atoms. The zero-order valence-corrected chi connectivity index (χ0v) is 20.3. The first-order chi connectivity index (χ1) is 15.1. The third-order valence-corrected chi connectivity index (χ3v) is 11.1. The maximum Gasteiger partial charge on any atom is 0.309 e. The number of esters is 1. The number of carbonyl (C=O) groups is 2. The predicted octanol–water partition coefficient (Wildman–Crippen LogP) is 5.11. The van der Waals surface area contributed by atoms with E-state index in [4.69, 9.17) is 4.74 Å². The molecule has 0 radical (unpaired) electrons. The molecule has 1 heterocycles. The number of ether oxygens (including phenoxy) is 1. The highest BCUT2D eigenvalue weighted by atomic mass is 16.6. The lowest BCUT2D eigenvalue weighted by atomic mass is 9.47. The van der Waals surface area contributed by atoms with Crippen LogP contribution in [0.15, 0.2) is 23.8 Å². The predicted molar refractivity (Wildman–Crippen MR) is 123 cm³/mol. The van der Waals surface area contributed by atoms with Crippen LogP contribution in [0.4, 0.5) is 0 Å². The first-order valence-corrected chi connectivity index (χ1v) is 12.9. The van der Waals surface area contributed by atoms with Gasteiger partial charge in [0.1, 0.15) is 6.10 Å². The van der Waals surface area contributed by atoms with Gasteiger partial charge in [0.05, 0.1) is 12.0 Å². The van der Waals surface area contributed by atoms with Crippen LogP contribution in [0.3, 0.4) is 0 Å². The van der Waals surface area contributed by atoms with Crippen molar-refractivity contribution < 1.29 is 19.4 Å². The van der Waals surface area contributed by atoms with Gasteiger partial charge in [-0.05, 0) is 85.7 Å². The zero-order valence-electron chi connectivity index (χ0n) is 20.3. The Bertz CT molecular complexity index is 873. The fraction of sp³-hybridized carbons (Fsp3) is 0.786. The third kappa shape index (κ3) is 3.04. The van der Waals surface area contributed by atoms with Crippen LogP contribution in [-0.4, -0.2) is 29.1 Å². The van der Waals surface area contributed by atoms with Crippen molar-refractivity contribution in [2.24, 2.45) is 52.3 Å². The van der Waals surface area contributed by atoms with Gasteiger partial charge < -0.3 is 9.84 Å². The highest BCUT2D eigenvalue weighted by molar-refractivity contribution is 6.01. The van der Waals surface area contributed by atoms with Crippen LogP contribution in [0.25, 0.3) is 0 Å². The van der Waals surface area contributed by atoms with Crippen molar-refractivity contribution in [3.63, 3.8) is 0 Å². The van der Waals surface area contributed by atoms with Crippen LogP contribution < -0.4 is 0 Å². The van der Waals surface area contributed by atoms with Crippen LogP contribution in [0.5, 0.6) is 0 Å². The van der Waals surface area contributed by atoms with Crippen LogP contribution in [-0.2, 0) is 14.3 Å². The van der Waals surface area contributed by atoms with E-state index >= 15 is 0 Å². The number of cyclic esters (lactones) is 1. The van der Waals surface area contributed by atoms with E-state index in [9.17, 15) is 14.7 Å². The van der Waals surface area contributed by atoms with Gasteiger partial charge in [0.2, 0.25) is 0 Å². The van der Waals surface area contributed by atoms with Crippen LogP contribution in [0, 0.1) is 52.3 Å². The van der Waals surface area contributed by atoms with Gasteiger partial charge in [0.25, 0.3) is 0 Å². The molecule has 1 N–H and O–H groups in total. The lowest BCUT2D eigenvalue weighted by Gasteiger charge is -2.57. The van der Waals surface area contributed by atoms with E-state index in [1.807, 2.05) is 19.9 Å². The Morgan fingerprint density at radius 3 is 2.53 bits per heavy atom.